The average Bonchev–Trinajstić information content (AvgIpc) is 2.38. The minimum absolute atomic E-state index is 0.0213. The summed E-state index contributed by atoms with van der Waals surface area (Å²) in [6, 6.07) is 7.99. The van der Waals surface area contributed by atoms with Crippen molar-refractivity contribution in [2.45, 2.75) is 26.2 Å². The van der Waals surface area contributed by atoms with E-state index in [1.54, 1.807) is 4.90 Å². The first-order chi connectivity index (χ1) is 8.93. The number of ether oxygens (including phenoxy) is 1. The van der Waals surface area contributed by atoms with Crippen molar-refractivity contribution in [1.29, 1.82) is 0 Å². The second kappa shape index (κ2) is 5.21. The summed E-state index contributed by atoms with van der Waals surface area (Å²) in [6.07, 6.45) is -0.276. The molecule has 1 heterocycles. The van der Waals surface area contributed by atoms with E-state index in [1.807, 2.05) is 18.2 Å². The maximum absolute atomic E-state index is 12.0. The first-order valence-electron chi connectivity index (χ1n) is 6.67. The van der Waals surface area contributed by atoms with Crippen LogP contribution in [0.25, 0.3) is 0 Å². The summed E-state index contributed by atoms with van der Waals surface area (Å²) in [4.78, 5) is 13.7. The Hall–Kier alpha value is -1.55. The van der Waals surface area contributed by atoms with Gasteiger partial charge in [-0.15, -0.1) is 0 Å². The van der Waals surface area contributed by atoms with Crippen molar-refractivity contribution in [3.8, 4) is 0 Å². The molecule has 1 aliphatic rings. The molecule has 1 aliphatic heterocycles. The van der Waals surface area contributed by atoms with Gasteiger partial charge in [-0.25, -0.2) is 4.79 Å². The lowest BCUT2D eigenvalue weighted by Gasteiger charge is -2.35. The third-order valence-corrected chi connectivity index (χ3v) is 3.44. The van der Waals surface area contributed by atoms with Crippen LogP contribution < -0.4 is 10.6 Å². The number of hydrogen-bond acceptors (Lipinski definition) is 3. The molecule has 2 rings (SSSR count). The molecule has 1 fully saturated rings. The molecular formula is C15H22N2O2. The first kappa shape index (κ1) is 13.9. The van der Waals surface area contributed by atoms with Crippen LogP contribution in [0.4, 0.5) is 10.5 Å². The predicted octanol–water partition coefficient (Wildman–Crippen LogP) is 2.52. The number of cyclic esters (lactones) is 1. The van der Waals surface area contributed by atoms with Gasteiger partial charge in [-0.2, -0.15) is 0 Å². The van der Waals surface area contributed by atoms with Gasteiger partial charge in [-0.3, -0.25) is 4.90 Å². The van der Waals surface area contributed by atoms with Gasteiger partial charge in [-0.05, 0) is 17.0 Å². The van der Waals surface area contributed by atoms with Crippen LogP contribution in [0.2, 0.25) is 0 Å². The lowest BCUT2D eigenvalue weighted by atomic mass is 9.85. The van der Waals surface area contributed by atoms with E-state index in [1.165, 1.54) is 0 Å². The van der Waals surface area contributed by atoms with Gasteiger partial charge in [0, 0.05) is 19.0 Å². The molecule has 0 radical (unpaired) electrons. The third-order valence-electron chi connectivity index (χ3n) is 3.44. The van der Waals surface area contributed by atoms with Gasteiger partial charge in [0.05, 0.1) is 12.3 Å². The molecule has 1 atom stereocenters. The molecule has 1 amide bonds. The van der Waals surface area contributed by atoms with Gasteiger partial charge in [0.15, 0.2) is 0 Å². The van der Waals surface area contributed by atoms with Crippen LogP contribution in [-0.2, 0) is 10.2 Å². The highest BCUT2D eigenvalue weighted by Gasteiger charge is 2.30. The summed E-state index contributed by atoms with van der Waals surface area (Å²) < 4.78 is 5.22. The van der Waals surface area contributed by atoms with E-state index < -0.39 is 0 Å². The Kier molecular flexibility index (Phi) is 3.80. The zero-order valence-corrected chi connectivity index (χ0v) is 11.8. The van der Waals surface area contributed by atoms with Crippen LogP contribution in [0.1, 0.15) is 26.3 Å². The van der Waals surface area contributed by atoms with Crippen molar-refractivity contribution in [3.63, 3.8) is 0 Å². The Balaban J connectivity index is 2.37. The minimum Gasteiger partial charge on any atom is -0.449 e. The van der Waals surface area contributed by atoms with Gasteiger partial charge in [0.25, 0.3) is 0 Å². The van der Waals surface area contributed by atoms with E-state index in [2.05, 4.69) is 26.8 Å². The molecule has 1 unspecified atom stereocenters. The van der Waals surface area contributed by atoms with Gasteiger partial charge in [-0.1, -0.05) is 39.0 Å². The van der Waals surface area contributed by atoms with Crippen molar-refractivity contribution in [2.75, 3.05) is 24.6 Å². The highest BCUT2D eigenvalue weighted by Crippen LogP contribution is 2.33. The number of rotatable bonds is 2. The molecule has 1 saturated heterocycles. The van der Waals surface area contributed by atoms with E-state index in [0.29, 0.717) is 19.7 Å². The molecule has 4 nitrogen and oxygen atoms in total. The fourth-order valence-electron chi connectivity index (χ4n) is 2.33. The molecule has 104 valence electrons. The molecule has 0 bridgehead atoms. The lowest BCUT2D eigenvalue weighted by molar-refractivity contribution is 0.117. The third kappa shape index (κ3) is 2.89. The number of carbonyl (C=O) groups excluding carboxylic acids is 1. The molecule has 4 heteroatoms. The Morgan fingerprint density at radius 1 is 1.37 bits per heavy atom. The number of amides is 1. The number of carbonyl (C=O) groups is 1. The maximum atomic E-state index is 12.0. The molecule has 0 spiro atoms. The highest BCUT2D eigenvalue weighted by molar-refractivity contribution is 5.89. The van der Waals surface area contributed by atoms with E-state index >= 15 is 0 Å². The topological polar surface area (TPSA) is 55.6 Å². The van der Waals surface area contributed by atoms with Crippen LogP contribution in [-0.4, -0.2) is 25.8 Å². The Bertz CT molecular complexity index is 465. The summed E-state index contributed by atoms with van der Waals surface area (Å²) in [7, 11) is 0. The van der Waals surface area contributed by atoms with Crippen molar-refractivity contribution < 1.29 is 9.53 Å². The predicted molar refractivity (Wildman–Crippen MR) is 76.4 cm³/mol. The quantitative estimate of drug-likeness (QED) is 0.891. The number of nitrogens with two attached hydrogens (primary N) is 1. The van der Waals surface area contributed by atoms with Crippen molar-refractivity contribution in [2.24, 2.45) is 11.7 Å². The van der Waals surface area contributed by atoms with E-state index in [9.17, 15) is 4.79 Å². The van der Waals surface area contributed by atoms with Gasteiger partial charge in [0.2, 0.25) is 0 Å². The number of nitrogens with zero attached hydrogens (tertiary/aromatic N) is 1. The summed E-state index contributed by atoms with van der Waals surface area (Å²) >= 11 is 0. The van der Waals surface area contributed by atoms with Crippen LogP contribution in [0, 0.1) is 5.92 Å². The second-order valence-electron chi connectivity index (χ2n) is 6.06. The first-order valence-corrected chi connectivity index (χ1v) is 6.67. The van der Waals surface area contributed by atoms with E-state index in [0.717, 1.165) is 11.3 Å². The van der Waals surface area contributed by atoms with Gasteiger partial charge >= 0.3 is 6.09 Å². The van der Waals surface area contributed by atoms with Crippen molar-refractivity contribution in [3.05, 3.63) is 29.8 Å². The summed E-state index contributed by atoms with van der Waals surface area (Å²) in [5, 5.41) is 0. The van der Waals surface area contributed by atoms with Gasteiger partial charge < -0.3 is 10.5 Å². The summed E-state index contributed by atoms with van der Waals surface area (Å²) in [5.74, 6) is 0.200. The normalized spacial score (nSPS) is 20.3. The molecule has 1 aromatic carbocycles. The molecule has 19 heavy (non-hydrogen) atoms. The molecular weight excluding hydrogens is 240 g/mol. The second-order valence-corrected chi connectivity index (χ2v) is 6.06. The monoisotopic (exact) mass is 262 g/mol. The Morgan fingerprint density at radius 3 is 2.68 bits per heavy atom. The highest BCUT2D eigenvalue weighted by atomic mass is 16.6. The standard InChI is InChI=1S/C15H22N2O2/c1-15(2,3)12-6-4-5-7-13(12)17-9-11(8-16)10-19-14(17)18/h4-7,11H,8-10,16H2,1-3H3. The molecule has 0 aromatic heterocycles. The molecule has 1 aromatic rings. The number of anilines is 1. The lowest BCUT2D eigenvalue weighted by Crippen LogP contribution is -2.46. The van der Waals surface area contributed by atoms with E-state index in [-0.39, 0.29) is 17.4 Å². The van der Waals surface area contributed by atoms with Crippen LogP contribution >= 0.6 is 0 Å². The van der Waals surface area contributed by atoms with Crippen molar-refractivity contribution in [1.82, 2.24) is 0 Å². The number of hydrogen-bond donors (Lipinski definition) is 1. The largest absolute Gasteiger partial charge is 0.449 e. The fourth-order valence-corrected chi connectivity index (χ4v) is 2.33. The number of benzene rings is 1. The van der Waals surface area contributed by atoms with Crippen LogP contribution in [0.3, 0.4) is 0 Å². The SMILES string of the molecule is CC(C)(C)c1ccccc1N1CC(CN)COC1=O. The summed E-state index contributed by atoms with van der Waals surface area (Å²) in [5.41, 5.74) is 7.75. The fraction of sp³-hybridized carbons (Fsp3) is 0.533. The zero-order chi connectivity index (χ0) is 14.0. The Labute approximate surface area is 114 Å². The smallest absolute Gasteiger partial charge is 0.414 e. The van der Waals surface area contributed by atoms with Crippen LogP contribution in [0.15, 0.2) is 24.3 Å². The number of para-hydroxylation sites is 1. The maximum Gasteiger partial charge on any atom is 0.414 e. The summed E-state index contributed by atoms with van der Waals surface area (Å²) in [6.45, 7) is 8.00. The van der Waals surface area contributed by atoms with Crippen molar-refractivity contribution >= 4 is 11.8 Å². The molecule has 0 saturated carbocycles. The average molecular weight is 262 g/mol. The van der Waals surface area contributed by atoms with Gasteiger partial charge in [0.1, 0.15) is 0 Å². The zero-order valence-electron chi connectivity index (χ0n) is 11.8. The molecule has 0 aliphatic carbocycles. The Morgan fingerprint density at radius 2 is 2.05 bits per heavy atom. The molecule has 2 N–H and O–H groups in total. The minimum atomic E-state index is -0.276. The van der Waals surface area contributed by atoms with E-state index in [4.69, 9.17) is 10.5 Å². The van der Waals surface area contributed by atoms with Crippen LogP contribution in [0.5, 0.6) is 0 Å².